The Bertz CT molecular complexity index is 1870. The van der Waals surface area contributed by atoms with Gasteiger partial charge in [0.25, 0.3) is 0 Å². The minimum atomic E-state index is -1.79. The molecule has 0 aliphatic rings. The lowest BCUT2D eigenvalue weighted by atomic mass is 9.85. The minimum Gasteiger partial charge on any atom is -0.0957 e. The summed E-state index contributed by atoms with van der Waals surface area (Å²) in [7, 11) is 0. The van der Waals surface area contributed by atoms with E-state index in [1.807, 2.05) is 0 Å². The molecule has 0 aliphatic heterocycles. The summed E-state index contributed by atoms with van der Waals surface area (Å²) in [6, 6.07) is 42.7. The third-order valence-corrected chi connectivity index (χ3v) is 14.6. The fourth-order valence-corrected chi connectivity index (χ4v) is 11.0. The van der Waals surface area contributed by atoms with E-state index in [0.717, 1.165) is 0 Å². The molecule has 0 radical (unpaired) electrons. The number of fused-ring (bicyclic) bond motifs is 3. The molecule has 0 aliphatic carbocycles. The predicted octanol–water partition coefficient (Wildman–Crippen LogP) is 11.2. The third-order valence-electron chi connectivity index (χ3n) is 8.84. The van der Waals surface area contributed by atoms with E-state index in [1.54, 1.807) is 0 Å². The first-order valence-electron chi connectivity index (χ1n) is 14.3. The van der Waals surface area contributed by atoms with Crippen LogP contribution in [-0.4, -0.2) is 16.6 Å². The summed E-state index contributed by atoms with van der Waals surface area (Å²) in [6.07, 6.45) is 5.03. The topological polar surface area (TPSA) is 0 Å². The zero-order valence-corrected chi connectivity index (χ0v) is 25.5. The highest BCUT2D eigenvalue weighted by Gasteiger charge is 2.40. The normalized spacial score (nSPS) is 12.8. The van der Waals surface area contributed by atoms with Crippen molar-refractivity contribution in [3.63, 3.8) is 0 Å². The van der Waals surface area contributed by atoms with Gasteiger partial charge in [0.05, 0.1) is 0 Å². The second kappa shape index (κ2) is 9.50. The standard InChI is InChI=1S/C39H39P/c1-38(2,3)40(7,39(4,5)6)31-18-14-17-29(26-31)36-32-19-10-12-21-34(32)37(35-22-13-11-20-33(35)36)30-24-23-27-15-8-9-16-28(27)25-30/h8-26H,7H2,1-6H3. The van der Waals surface area contributed by atoms with Gasteiger partial charge >= 0.3 is 0 Å². The molecular formula is C39H39P. The van der Waals surface area contributed by atoms with Gasteiger partial charge in [0.2, 0.25) is 0 Å². The minimum absolute atomic E-state index is 0.0912. The largest absolute Gasteiger partial charge is 0.0957 e. The molecule has 0 saturated carbocycles. The van der Waals surface area contributed by atoms with Gasteiger partial charge in [-0.2, -0.15) is 0 Å². The van der Waals surface area contributed by atoms with Crippen LogP contribution in [0.2, 0.25) is 0 Å². The Balaban J connectivity index is 1.69. The summed E-state index contributed by atoms with van der Waals surface area (Å²) >= 11 is 0. The van der Waals surface area contributed by atoms with Crippen LogP contribution in [0, 0.1) is 0 Å². The molecule has 0 nitrogen and oxygen atoms in total. The molecule has 0 spiro atoms. The van der Waals surface area contributed by atoms with Crippen LogP contribution < -0.4 is 5.30 Å². The fourth-order valence-electron chi connectivity index (χ4n) is 6.77. The molecule has 0 heterocycles. The molecule has 200 valence electrons. The van der Waals surface area contributed by atoms with Crippen molar-refractivity contribution < 1.29 is 0 Å². The summed E-state index contributed by atoms with van der Waals surface area (Å²) in [6.45, 7) is 12.4. The van der Waals surface area contributed by atoms with E-state index >= 15 is 0 Å². The van der Waals surface area contributed by atoms with Crippen LogP contribution >= 0.6 is 6.89 Å². The van der Waals surface area contributed by atoms with Crippen molar-refractivity contribution in [1.29, 1.82) is 0 Å². The maximum atomic E-state index is 5.03. The maximum Gasteiger partial charge on any atom is -0.00261 e. The van der Waals surface area contributed by atoms with Gasteiger partial charge in [-0.05, 0) is 82.3 Å². The van der Waals surface area contributed by atoms with Gasteiger partial charge in [-0.3, -0.25) is 0 Å². The van der Waals surface area contributed by atoms with Gasteiger partial charge in [0, 0.05) is 0 Å². The Hall–Kier alpha value is -3.60. The molecule has 0 atom stereocenters. The van der Waals surface area contributed by atoms with E-state index in [1.165, 1.54) is 59.9 Å². The van der Waals surface area contributed by atoms with Gasteiger partial charge in [-0.25, -0.2) is 0 Å². The monoisotopic (exact) mass is 538 g/mol. The van der Waals surface area contributed by atoms with Gasteiger partial charge < -0.3 is 0 Å². The first-order chi connectivity index (χ1) is 19.0. The lowest BCUT2D eigenvalue weighted by Crippen LogP contribution is -2.35. The van der Waals surface area contributed by atoms with E-state index in [9.17, 15) is 0 Å². The average molecular weight is 539 g/mol. The summed E-state index contributed by atoms with van der Waals surface area (Å²) in [5.74, 6) is 0. The van der Waals surface area contributed by atoms with Crippen LogP contribution in [0.5, 0.6) is 0 Å². The Morgan fingerprint density at radius 2 is 0.900 bits per heavy atom. The highest BCUT2D eigenvalue weighted by atomic mass is 31.2. The maximum absolute atomic E-state index is 5.03. The number of hydrogen-bond acceptors (Lipinski definition) is 0. The van der Waals surface area contributed by atoms with E-state index < -0.39 is 6.89 Å². The summed E-state index contributed by atoms with van der Waals surface area (Å²) in [5, 5.41) is 9.29. The van der Waals surface area contributed by atoms with Crippen molar-refractivity contribution in [3.05, 3.63) is 115 Å². The highest BCUT2D eigenvalue weighted by Crippen LogP contribution is 2.65. The quantitative estimate of drug-likeness (QED) is 0.155. The molecule has 1 heteroatoms. The Labute approximate surface area is 239 Å². The highest BCUT2D eigenvalue weighted by molar-refractivity contribution is 7.83. The van der Waals surface area contributed by atoms with Crippen LogP contribution in [0.4, 0.5) is 0 Å². The van der Waals surface area contributed by atoms with Crippen LogP contribution in [0.15, 0.2) is 115 Å². The van der Waals surface area contributed by atoms with E-state index in [2.05, 4.69) is 157 Å². The molecular weight excluding hydrogens is 499 g/mol. The van der Waals surface area contributed by atoms with Crippen LogP contribution in [-0.2, 0) is 0 Å². The summed E-state index contributed by atoms with van der Waals surface area (Å²) in [5.41, 5.74) is 5.15. The van der Waals surface area contributed by atoms with Crippen LogP contribution in [0.25, 0.3) is 54.6 Å². The van der Waals surface area contributed by atoms with Crippen molar-refractivity contribution in [2.75, 3.05) is 0 Å². The zero-order valence-electron chi connectivity index (χ0n) is 24.6. The summed E-state index contributed by atoms with van der Waals surface area (Å²) < 4.78 is 0. The average Bonchev–Trinajstić information content (AvgIpc) is 2.94. The molecule has 0 fully saturated rings. The third kappa shape index (κ3) is 4.13. The zero-order chi connectivity index (χ0) is 28.3. The van der Waals surface area contributed by atoms with Crippen LogP contribution in [0.1, 0.15) is 41.5 Å². The second-order valence-corrected chi connectivity index (χ2v) is 17.9. The van der Waals surface area contributed by atoms with E-state index in [-0.39, 0.29) is 10.3 Å². The Kier molecular flexibility index (Phi) is 6.32. The van der Waals surface area contributed by atoms with Gasteiger partial charge in [-0.1, -0.05) is 158 Å². The first-order valence-corrected chi connectivity index (χ1v) is 16.3. The number of hydrogen-bond donors (Lipinski definition) is 0. The van der Waals surface area contributed by atoms with E-state index in [0.29, 0.717) is 0 Å². The Morgan fingerprint density at radius 3 is 1.40 bits per heavy atom. The molecule has 6 rings (SSSR count). The van der Waals surface area contributed by atoms with Crippen molar-refractivity contribution >= 4 is 50.8 Å². The second-order valence-electron chi connectivity index (χ2n) is 13.1. The fraction of sp³-hybridized carbons (Fsp3) is 0.205. The lowest BCUT2D eigenvalue weighted by Gasteiger charge is -2.48. The van der Waals surface area contributed by atoms with E-state index in [4.69, 9.17) is 6.30 Å². The SMILES string of the molecule is C=P(c1cccc(-c2c3ccccc3c(-c3ccc4ccccc4c3)c3ccccc23)c1)(C(C)(C)C)C(C)(C)C. The first kappa shape index (κ1) is 26.6. The van der Waals surface area contributed by atoms with Crippen molar-refractivity contribution in [2.45, 2.75) is 51.9 Å². The van der Waals surface area contributed by atoms with Gasteiger partial charge in [0.15, 0.2) is 0 Å². The van der Waals surface area contributed by atoms with Gasteiger partial charge in [-0.15, -0.1) is 0 Å². The summed E-state index contributed by atoms with van der Waals surface area (Å²) in [4.78, 5) is 0. The number of rotatable bonds is 3. The number of benzene rings is 6. The lowest BCUT2D eigenvalue weighted by molar-refractivity contribution is 0.711. The molecule has 40 heavy (non-hydrogen) atoms. The van der Waals surface area contributed by atoms with Crippen LogP contribution in [0.3, 0.4) is 0 Å². The smallest absolute Gasteiger partial charge is 0.00261 e. The van der Waals surface area contributed by atoms with Crippen molar-refractivity contribution in [3.8, 4) is 22.3 Å². The molecule has 0 bridgehead atoms. The molecule has 0 amide bonds. The van der Waals surface area contributed by atoms with Gasteiger partial charge in [0.1, 0.15) is 0 Å². The molecule has 6 aromatic carbocycles. The Morgan fingerprint density at radius 1 is 0.450 bits per heavy atom. The van der Waals surface area contributed by atoms with Crippen molar-refractivity contribution in [2.24, 2.45) is 0 Å². The van der Waals surface area contributed by atoms with Crippen molar-refractivity contribution in [1.82, 2.24) is 0 Å². The molecule has 6 aromatic rings. The molecule has 0 N–H and O–H groups in total. The molecule has 0 aromatic heterocycles. The molecule has 0 saturated heterocycles. The molecule has 0 unspecified atom stereocenters. The predicted molar refractivity (Wildman–Crippen MR) is 183 cm³/mol.